The summed E-state index contributed by atoms with van der Waals surface area (Å²) in [6.07, 6.45) is 0.412. The number of hydrogen-bond acceptors (Lipinski definition) is 4. The summed E-state index contributed by atoms with van der Waals surface area (Å²) in [6.45, 7) is 6.37. The molecular formula is C11H19NO4. The highest BCUT2D eigenvalue weighted by Crippen LogP contribution is 2.38. The molecule has 0 aromatic carbocycles. The molecule has 92 valence electrons. The Morgan fingerprint density at radius 1 is 1.62 bits per heavy atom. The van der Waals surface area contributed by atoms with Crippen LogP contribution in [0.15, 0.2) is 0 Å². The first-order valence-electron chi connectivity index (χ1n) is 5.59. The Hall–Kier alpha value is -0.810. The molecule has 2 aliphatic rings. The van der Waals surface area contributed by atoms with Gasteiger partial charge in [-0.1, -0.05) is 0 Å². The molecule has 2 heterocycles. The molecule has 0 spiro atoms. The number of carbonyl (C=O) groups is 1. The summed E-state index contributed by atoms with van der Waals surface area (Å²) < 4.78 is 10.8. The molecule has 2 bridgehead atoms. The predicted octanol–water partition coefficient (Wildman–Crippen LogP) is 0.757. The summed E-state index contributed by atoms with van der Waals surface area (Å²) in [5.74, 6) is 0. The van der Waals surface area contributed by atoms with Crippen LogP contribution in [0.25, 0.3) is 0 Å². The maximum atomic E-state index is 12.0. The van der Waals surface area contributed by atoms with Gasteiger partial charge in [0.2, 0.25) is 0 Å². The molecule has 0 radical (unpaired) electrons. The molecule has 0 aromatic rings. The number of morpholine rings is 1. The SMILES string of the molecule is CC(C)(C)OC(=O)N1C[C@@H]2C[C@@]1(CO)CO2. The first-order chi connectivity index (χ1) is 7.36. The van der Waals surface area contributed by atoms with Crippen LogP contribution >= 0.6 is 0 Å². The van der Waals surface area contributed by atoms with E-state index < -0.39 is 11.1 Å². The predicted molar refractivity (Wildman–Crippen MR) is 57.1 cm³/mol. The molecule has 1 N–H and O–H groups in total. The van der Waals surface area contributed by atoms with Gasteiger partial charge in [0.1, 0.15) is 5.60 Å². The largest absolute Gasteiger partial charge is 0.444 e. The van der Waals surface area contributed by atoms with Crippen LogP contribution in [0.3, 0.4) is 0 Å². The van der Waals surface area contributed by atoms with Crippen LogP contribution in [-0.2, 0) is 9.47 Å². The van der Waals surface area contributed by atoms with Crippen LogP contribution in [-0.4, -0.2) is 53.1 Å². The van der Waals surface area contributed by atoms with Crippen molar-refractivity contribution in [3.8, 4) is 0 Å². The van der Waals surface area contributed by atoms with E-state index in [4.69, 9.17) is 9.47 Å². The van der Waals surface area contributed by atoms with Crippen LogP contribution in [0.2, 0.25) is 0 Å². The summed E-state index contributed by atoms with van der Waals surface area (Å²) in [5, 5.41) is 9.43. The zero-order valence-electron chi connectivity index (χ0n) is 10.0. The third-order valence-corrected chi connectivity index (χ3v) is 3.06. The van der Waals surface area contributed by atoms with E-state index in [1.165, 1.54) is 0 Å². The smallest absolute Gasteiger partial charge is 0.411 e. The minimum absolute atomic E-state index is 0.0552. The molecule has 0 aliphatic carbocycles. The zero-order chi connectivity index (χ0) is 12.0. The first-order valence-corrected chi connectivity index (χ1v) is 5.59. The number of carbonyl (C=O) groups excluding carboxylic acids is 1. The van der Waals surface area contributed by atoms with Crippen molar-refractivity contribution in [1.82, 2.24) is 4.90 Å². The van der Waals surface area contributed by atoms with Gasteiger partial charge in [0.25, 0.3) is 0 Å². The Kier molecular flexibility index (Phi) is 2.62. The van der Waals surface area contributed by atoms with Gasteiger partial charge in [-0.05, 0) is 20.8 Å². The molecule has 2 aliphatic heterocycles. The number of aliphatic hydroxyl groups is 1. The molecular weight excluding hydrogens is 210 g/mol. The monoisotopic (exact) mass is 229 g/mol. The lowest BCUT2D eigenvalue weighted by atomic mass is 10.0. The number of ether oxygens (including phenoxy) is 2. The van der Waals surface area contributed by atoms with Crippen molar-refractivity contribution in [2.24, 2.45) is 0 Å². The Bertz CT molecular complexity index is 299. The number of hydrogen-bond donors (Lipinski definition) is 1. The molecule has 0 aromatic heterocycles. The molecule has 1 amide bonds. The van der Waals surface area contributed by atoms with Gasteiger partial charge < -0.3 is 14.6 Å². The quantitative estimate of drug-likeness (QED) is 0.721. The van der Waals surface area contributed by atoms with Gasteiger partial charge in [0, 0.05) is 6.42 Å². The fourth-order valence-electron chi connectivity index (χ4n) is 2.30. The summed E-state index contributed by atoms with van der Waals surface area (Å²) in [4.78, 5) is 13.6. The molecule has 2 saturated heterocycles. The molecule has 2 fully saturated rings. The van der Waals surface area contributed by atoms with Crippen LogP contribution < -0.4 is 0 Å². The standard InChI is InChI=1S/C11H19NO4/c1-10(2,3)16-9(14)12-5-8-4-11(12,6-13)7-15-8/h8,13H,4-7H2,1-3H3/t8-,11+/m0/s1. The second kappa shape index (κ2) is 3.60. The van der Waals surface area contributed by atoms with Gasteiger partial charge >= 0.3 is 6.09 Å². The second-order valence-corrected chi connectivity index (χ2v) is 5.61. The molecule has 16 heavy (non-hydrogen) atoms. The van der Waals surface area contributed by atoms with E-state index in [2.05, 4.69) is 0 Å². The van der Waals surface area contributed by atoms with E-state index in [0.29, 0.717) is 19.6 Å². The lowest BCUT2D eigenvalue weighted by molar-refractivity contribution is -0.0476. The average Bonchev–Trinajstić information content (AvgIpc) is 2.72. The molecule has 2 atom stereocenters. The molecule has 5 heteroatoms. The maximum absolute atomic E-state index is 12.0. The fraction of sp³-hybridized carbons (Fsp3) is 0.909. The minimum atomic E-state index is -0.549. The number of rotatable bonds is 1. The number of amides is 1. The average molecular weight is 229 g/mol. The molecule has 5 nitrogen and oxygen atoms in total. The van der Waals surface area contributed by atoms with E-state index in [1.807, 2.05) is 20.8 Å². The van der Waals surface area contributed by atoms with Crippen molar-refractivity contribution in [3.63, 3.8) is 0 Å². The van der Waals surface area contributed by atoms with Crippen molar-refractivity contribution in [1.29, 1.82) is 0 Å². The van der Waals surface area contributed by atoms with Crippen LogP contribution in [0.1, 0.15) is 27.2 Å². The van der Waals surface area contributed by atoms with E-state index >= 15 is 0 Å². The van der Waals surface area contributed by atoms with Crippen LogP contribution in [0.4, 0.5) is 4.79 Å². The topological polar surface area (TPSA) is 59.0 Å². The van der Waals surface area contributed by atoms with Crippen molar-refractivity contribution >= 4 is 6.09 Å². The van der Waals surface area contributed by atoms with Crippen LogP contribution in [0.5, 0.6) is 0 Å². The summed E-state index contributed by atoms with van der Waals surface area (Å²) in [5.41, 5.74) is -1.05. The van der Waals surface area contributed by atoms with Gasteiger partial charge in [0.15, 0.2) is 0 Å². The van der Waals surface area contributed by atoms with Gasteiger partial charge in [-0.15, -0.1) is 0 Å². The Labute approximate surface area is 95.3 Å². The number of aliphatic hydroxyl groups excluding tert-OH is 1. The highest BCUT2D eigenvalue weighted by atomic mass is 16.6. The van der Waals surface area contributed by atoms with Gasteiger partial charge in [-0.3, -0.25) is 4.90 Å². The molecule has 0 unspecified atom stereocenters. The lowest BCUT2D eigenvalue weighted by Gasteiger charge is -2.37. The fourth-order valence-corrected chi connectivity index (χ4v) is 2.30. The van der Waals surface area contributed by atoms with Gasteiger partial charge in [-0.2, -0.15) is 0 Å². The zero-order valence-corrected chi connectivity index (χ0v) is 10.0. The van der Waals surface area contributed by atoms with Crippen molar-refractivity contribution in [2.45, 2.75) is 44.4 Å². The van der Waals surface area contributed by atoms with E-state index in [-0.39, 0.29) is 18.8 Å². The van der Waals surface area contributed by atoms with Crippen molar-refractivity contribution in [3.05, 3.63) is 0 Å². The Balaban J connectivity index is 2.08. The van der Waals surface area contributed by atoms with Crippen LogP contribution in [0, 0.1) is 0 Å². The van der Waals surface area contributed by atoms with Crippen molar-refractivity contribution in [2.75, 3.05) is 19.8 Å². The second-order valence-electron chi connectivity index (χ2n) is 5.61. The number of fused-ring (bicyclic) bond motifs is 2. The maximum Gasteiger partial charge on any atom is 0.411 e. The van der Waals surface area contributed by atoms with Crippen molar-refractivity contribution < 1.29 is 19.4 Å². The molecule has 2 rings (SSSR count). The summed E-state index contributed by atoms with van der Waals surface area (Å²) >= 11 is 0. The summed E-state index contributed by atoms with van der Waals surface area (Å²) in [7, 11) is 0. The molecule has 0 saturated carbocycles. The van der Waals surface area contributed by atoms with E-state index in [1.54, 1.807) is 4.90 Å². The normalized spacial score (nSPS) is 33.2. The Morgan fingerprint density at radius 2 is 2.31 bits per heavy atom. The van der Waals surface area contributed by atoms with Gasteiger partial charge in [-0.25, -0.2) is 4.79 Å². The van der Waals surface area contributed by atoms with E-state index in [9.17, 15) is 9.90 Å². The first kappa shape index (κ1) is 11.7. The summed E-state index contributed by atoms with van der Waals surface area (Å²) in [6, 6.07) is 0. The highest BCUT2D eigenvalue weighted by Gasteiger charge is 2.54. The Morgan fingerprint density at radius 3 is 2.81 bits per heavy atom. The number of nitrogens with zero attached hydrogens (tertiary/aromatic N) is 1. The third-order valence-electron chi connectivity index (χ3n) is 3.06. The third kappa shape index (κ3) is 1.89. The lowest BCUT2D eigenvalue weighted by Crippen LogP contribution is -2.55. The van der Waals surface area contributed by atoms with Gasteiger partial charge in [0.05, 0.1) is 31.4 Å². The highest BCUT2D eigenvalue weighted by molar-refractivity contribution is 5.70. The number of likely N-dealkylation sites (tertiary alicyclic amines) is 1. The minimum Gasteiger partial charge on any atom is -0.444 e. The van der Waals surface area contributed by atoms with E-state index in [0.717, 1.165) is 0 Å².